The van der Waals surface area contributed by atoms with Crippen LogP contribution in [-0.2, 0) is 0 Å². The van der Waals surface area contributed by atoms with Gasteiger partial charge in [-0.1, -0.05) is 66.7 Å². The Morgan fingerprint density at radius 2 is 1.48 bits per heavy atom. The number of anilines is 1. The van der Waals surface area contributed by atoms with Crippen LogP contribution >= 0.6 is 0 Å². The number of rotatable bonds is 3. The van der Waals surface area contributed by atoms with E-state index in [0.717, 1.165) is 11.1 Å². The van der Waals surface area contributed by atoms with E-state index in [1.807, 2.05) is 78.9 Å². The third-order valence-electron chi connectivity index (χ3n) is 3.41. The molecule has 0 saturated heterocycles. The van der Waals surface area contributed by atoms with Crippen LogP contribution in [0.2, 0.25) is 0 Å². The van der Waals surface area contributed by atoms with Crippen molar-refractivity contribution in [2.45, 2.75) is 0 Å². The number of nitrogens with two attached hydrogens (primary N) is 1. The maximum absolute atomic E-state index is 12.7. The van der Waals surface area contributed by atoms with Gasteiger partial charge in [0.05, 0.1) is 0 Å². The Hall–Kier alpha value is -2.87. The molecule has 21 heavy (non-hydrogen) atoms. The fourth-order valence-electron chi connectivity index (χ4n) is 2.38. The second-order valence-electron chi connectivity index (χ2n) is 4.87. The molecule has 0 unspecified atom stereocenters. The van der Waals surface area contributed by atoms with Crippen molar-refractivity contribution in [1.82, 2.24) is 0 Å². The normalized spacial score (nSPS) is 10.3. The first-order chi connectivity index (χ1) is 10.3. The molecule has 3 aromatic carbocycles. The van der Waals surface area contributed by atoms with Crippen LogP contribution in [0.25, 0.3) is 11.1 Å². The molecule has 0 bridgehead atoms. The number of benzene rings is 3. The minimum Gasteiger partial charge on any atom is -0.399 e. The summed E-state index contributed by atoms with van der Waals surface area (Å²) in [6.45, 7) is 0. The Bertz CT molecular complexity index is 778. The zero-order valence-corrected chi connectivity index (χ0v) is 11.5. The highest BCUT2D eigenvalue weighted by molar-refractivity contribution is 6.12. The lowest BCUT2D eigenvalue weighted by molar-refractivity contribution is 0.103. The molecular formula is C19H15NO. The predicted octanol–water partition coefficient (Wildman–Crippen LogP) is 4.17. The molecule has 0 fully saturated rings. The largest absolute Gasteiger partial charge is 0.399 e. The first kappa shape index (κ1) is 13.1. The van der Waals surface area contributed by atoms with Gasteiger partial charge in [0.1, 0.15) is 0 Å². The van der Waals surface area contributed by atoms with E-state index in [4.69, 9.17) is 5.73 Å². The smallest absolute Gasteiger partial charge is 0.193 e. The third-order valence-corrected chi connectivity index (χ3v) is 3.41. The Morgan fingerprint density at radius 1 is 0.762 bits per heavy atom. The molecule has 0 heterocycles. The highest BCUT2D eigenvalue weighted by Crippen LogP contribution is 2.27. The van der Waals surface area contributed by atoms with Gasteiger partial charge in [-0.2, -0.15) is 0 Å². The van der Waals surface area contributed by atoms with Crippen molar-refractivity contribution in [3.8, 4) is 11.1 Å². The molecule has 0 radical (unpaired) electrons. The zero-order valence-electron chi connectivity index (χ0n) is 11.5. The molecule has 102 valence electrons. The Morgan fingerprint density at radius 3 is 2.24 bits per heavy atom. The predicted molar refractivity (Wildman–Crippen MR) is 86.2 cm³/mol. The second kappa shape index (κ2) is 5.63. The highest BCUT2D eigenvalue weighted by atomic mass is 16.1. The molecule has 3 rings (SSSR count). The highest BCUT2D eigenvalue weighted by Gasteiger charge is 2.14. The van der Waals surface area contributed by atoms with Gasteiger partial charge < -0.3 is 5.73 Å². The maximum atomic E-state index is 12.7. The monoisotopic (exact) mass is 273 g/mol. The van der Waals surface area contributed by atoms with Gasteiger partial charge in [0.15, 0.2) is 5.78 Å². The van der Waals surface area contributed by atoms with Crippen LogP contribution in [-0.4, -0.2) is 5.78 Å². The molecule has 0 aliphatic heterocycles. The quantitative estimate of drug-likeness (QED) is 0.575. The average molecular weight is 273 g/mol. The van der Waals surface area contributed by atoms with Gasteiger partial charge in [-0.3, -0.25) is 4.79 Å². The summed E-state index contributed by atoms with van der Waals surface area (Å²) >= 11 is 0. The van der Waals surface area contributed by atoms with Gasteiger partial charge in [0, 0.05) is 16.8 Å². The van der Waals surface area contributed by atoms with E-state index in [9.17, 15) is 4.79 Å². The SMILES string of the molecule is Nc1cccc(-c2ccccc2C(=O)c2ccccc2)c1. The first-order valence-corrected chi connectivity index (χ1v) is 6.80. The molecule has 0 aromatic heterocycles. The summed E-state index contributed by atoms with van der Waals surface area (Å²) in [5.41, 5.74) is 9.77. The standard InChI is InChI=1S/C19H15NO/c20-16-10-6-9-15(13-16)17-11-4-5-12-18(17)19(21)14-7-2-1-3-8-14/h1-13H,20H2. The number of nitrogen functional groups attached to an aromatic ring is 1. The summed E-state index contributed by atoms with van der Waals surface area (Å²) in [5, 5.41) is 0. The third kappa shape index (κ3) is 2.70. The lowest BCUT2D eigenvalue weighted by Crippen LogP contribution is -2.03. The van der Waals surface area contributed by atoms with E-state index < -0.39 is 0 Å². The molecule has 2 N–H and O–H groups in total. The van der Waals surface area contributed by atoms with Crippen molar-refractivity contribution in [2.75, 3.05) is 5.73 Å². The molecule has 0 saturated carbocycles. The van der Waals surface area contributed by atoms with E-state index >= 15 is 0 Å². The topological polar surface area (TPSA) is 43.1 Å². The minimum atomic E-state index is 0.0219. The van der Waals surface area contributed by atoms with Crippen molar-refractivity contribution < 1.29 is 4.79 Å². The van der Waals surface area contributed by atoms with Crippen molar-refractivity contribution in [1.29, 1.82) is 0 Å². The molecule has 2 nitrogen and oxygen atoms in total. The molecule has 0 amide bonds. The van der Waals surface area contributed by atoms with Crippen LogP contribution in [0.15, 0.2) is 78.9 Å². The lowest BCUT2D eigenvalue weighted by Gasteiger charge is -2.09. The van der Waals surface area contributed by atoms with Gasteiger partial charge in [-0.15, -0.1) is 0 Å². The number of ketones is 1. The summed E-state index contributed by atoms with van der Waals surface area (Å²) in [4.78, 5) is 12.7. The van der Waals surface area contributed by atoms with E-state index in [1.54, 1.807) is 0 Å². The van der Waals surface area contributed by atoms with E-state index in [0.29, 0.717) is 16.8 Å². The summed E-state index contributed by atoms with van der Waals surface area (Å²) in [6, 6.07) is 24.5. The number of hydrogen-bond donors (Lipinski definition) is 1. The van der Waals surface area contributed by atoms with Gasteiger partial charge in [-0.25, -0.2) is 0 Å². The van der Waals surface area contributed by atoms with Crippen LogP contribution in [0.5, 0.6) is 0 Å². The van der Waals surface area contributed by atoms with Crippen LogP contribution in [0.1, 0.15) is 15.9 Å². The fourth-order valence-corrected chi connectivity index (χ4v) is 2.38. The zero-order chi connectivity index (χ0) is 14.7. The Labute approximate surface area is 123 Å². The van der Waals surface area contributed by atoms with Crippen molar-refractivity contribution >= 4 is 11.5 Å². The van der Waals surface area contributed by atoms with Crippen molar-refractivity contribution in [3.63, 3.8) is 0 Å². The van der Waals surface area contributed by atoms with Crippen LogP contribution in [0.4, 0.5) is 5.69 Å². The lowest BCUT2D eigenvalue weighted by atomic mass is 9.94. The van der Waals surface area contributed by atoms with Crippen LogP contribution < -0.4 is 5.73 Å². The first-order valence-electron chi connectivity index (χ1n) is 6.80. The van der Waals surface area contributed by atoms with Gasteiger partial charge >= 0.3 is 0 Å². The Kier molecular flexibility index (Phi) is 3.52. The average Bonchev–Trinajstić information content (AvgIpc) is 2.55. The van der Waals surface area contributed by atoms with E-state index in [2.05, 4.69) is 0 Å². The summed E-state index contributed by atoms with van der Waals surface area (Å²) in [6.07, 6.45) is 0. The van der Waals surface area contributed by atoms with Gasteiger partial charge in [0.25, 0.3) is 0 Å². The number of carbonyl (C=O) groups excluding carboxylic acids is 1. The van der Waals surface area contributed by atoms with E-state index in [-0.39, 0.29) is 5.78 Å². The molecule has 0 spiro atoms. The second-order valence-corrected chi connectivity index (χ2v) is 4.87. The fraction of sp³-hybridized carbons (Fsp3) is 0. The molecule has 3 aromatic rings. The molecular weight excluding hydrogens is 258 g/mol. The number of hydrogen-bond acceptors (Lipinski definition) is 2. The van der Waals surface area contributed by atoms with Crippen LogP contribution in [0, 0.1) is 0 Å². The summed E-state index contributed by atoms with van der Waals surface area (Å²) in [7, 11) is 0. The molecule has 0 aliphatic carbocycles. The molecule has 2 heteroatoms. The van der Waals surface area contributed by atoms with Crippen molar-refractivity contribution in [3.05, 3.63) is 90.0 Å². The molecule has 0 aliphatic rings. The van der Waals surface area contributed by atoms with Gasteiger partial charge in [0.2, 0.25) is 0 Å². The molecule has 0 atom stereocenters. The van der Waals surface area contributed by atoms with Crippen molar-refractivity contribution in [2.24, 2.45) is 0 Å². The Balaban J connectivity index is 2.11. The summed E-state index contributed by atoms with van der Waals surface area (Å²) in [5.74, 6) is 0.0219. The van der Waals surface area contributed by atoms with E-state index in [1.165, 1.54) is 0 Å². The minimum absolute atomic E-state index is 0.0219. The van der Waals surface area contributed by atoms with Gasteiger partial charge in [-0.05, 0) is 23.3 Å². The summed E-state index contributed by atoms with van der Waals surface area (Å²) < 4.78 is 0. The van der Waals surface area contributed by atoms with Crippen LogP contribution in [0.3, 0.4) is 0 Å². The number of carbonyl (C=O) groups is 1. The maximum Gasteiger partial charge on any atom is 0.193 e.